The fraction of sp³-hybridized carbons (Fsp3) is 0.500. The molecule has 5 heteroatoms. The number of morpholine rings is 1. The Balaban J connectivity index is 1.87. The maximum Gasteiger partial charge on any atom is 0.235 e. The van der Waals surface area contributed by atoms with Gasteiger partial charge >= 0.3 is 0 Å². The second-order valence-electron chi connectivity index (χ2n) is 5.00. The summed E-state index contributed by atoms with van der Waals surface area (Å²) in [5, 5.41) is 0. The van der Waals surface area contributed by atoms with Crippen LogP contribution >= 0.6 is 0 Å². The topological polar surface area (TPSA) is 41.9 Å². The molecule has 0 amide bonds. The zero-order valence-electron chi connectivity index (χ0n) is 10.6. The lowest BCUT2D eigenvalue weighted by Gasteiger charge is -2.29. The molecule has 1 aromatic rings. The second-order valence-corrected chi connectivity index (χ2v) is 5.00. The Labute approximate surface area is 110 Å². The molecule has 2 fully saturated rings. The van der Waals surface area contributed by atoms with Gasteiger partial charge in [-0.3, -0.25) is 0 Å². The van der Waals surface area contributed by atoms with Crippen LogP contribution in [0.4, 0.5) is 10.1 Å². The molecule has 0 atom stereocenters. The van der Waals surface area contributed by atoms with Gasteiger partial charge in [-0.1, -0.05) is 6.07 Å². The summed E-state index contributed by atoms with van der Waals surface area (Å²) in [7, 11) is 0. The van der Waals surface area contributed by atoms with E-state index in [0.717, 1.165) is 18.4 Å². The van der Waals surface area contributed by atoms with Crippen molar-refractivity contribution in [1.82, 2.24) is 0 Å². The Hall–Kier alpha value is -1.71. The number of carbonyl (C=O) groups excluding carboxylic acids is 1. The lowest BCUT2D eigenvalue weighted by atomic mass is 10.0. The van der Waals surface area contributed by atoms with E-state index in [1.807, 2.05) is 11.0 Å². The fourth-order valence-corrected chi connectivity index (χ4v) is 2.53. The number of halogens is 1. The van der Waals surface area contributed by atoms with E-state index in [2.05, 4.69) is 4.99 Å². The number of ether oxygens (including phenoxy) is 1. The van der Waals surface area contributed by atoms with Gasteiger partial charge in [0.1, 0.15) is 5.82 Å². The number of hydrogen-bond donors (Lipinski definition) is 0. The highest BCUT2D eigenvalue weighted by Crippen LogP contribution is 2.49. The quantitative estimate of drug-likeness (QED) is 0.618. The molecule has 0 N–H and O–H groups in total. The molecule has 3 rings (SSSR count). The van der Waals surface area contributed by atoms with Crippen molar-refractivity contribution >= 4 is 11.8 Å². The average Bonchev–Trinajstić information content (AvgIpc) is 3.21. The highest BCUT2D eigenvalue weighted by molar-refractivity contribution is 5.52. The van der Waals surface area contributed by atoms with Crippen LogP contribution in [0.25, 0.3) is 0 Å². The first-order valence-corrected chi connectivity index (χ1v) is 6.47. The zero-order chi connectivity index (χ0) is 13.3. The summed E-state index contributed by atoms with van der Waals surface area (Å²) in [5.41, 5.74) is 0.856. The standard InChI is InChI=1S/C14H15FN2O2/c15-12-9-11(14(3-4-14)16-10-18)1-2-13(12)17-5-7-19-8-6-17/h1-2,9H,3-8H2. The molecule has 0 unspecified atom stereocenters. The van der Waals surface area contributed by atoms with Crippen molar-refractivity contribution < 1.29 is 13.9 Å². The van der Waals surface area contributed by atoms with Crippen LogP contribution in [0.1, 0.15) is 18.4 Å². The Kier molecular flexibility index (Phi) is 3.09. The zero-order valence-corrected chi connectivity index (χ0v) is 10.6. The van der Waals surface area contributed by atoms with Crippen molar-refractivity contribution in [3.63, 3.8) is 0 Å². The molecule has 2 aliphatic rings. The maximum atomic E-state index is 14.2. The minimum absolute atomic E-state index is 0.258. The smallest absolute Gasteiger partial charge is 0.235 e. The number of hydrogen-bond acceptors (Lipinski definition) is 4. The van der Waals surface area contributed by atoms with E-state index >= 15 is 0 Å². The van der Waals surface area contributed by atoms with Gasteiger partial charge in [0.2, 0.25) is 6.08 Å². The van der Waals surface area contributed by atoms with Crippen LogP contribution in [-0.4, -0.2) is 32.4 Å². The predicted molar refractivity (Wildman–Crippen MR) is 68.5 cm³/mol. The number of aliphatic imine (C=N–C) groups is 1. The first-order valence-electron chi connectivity index (χ1n) is 6.47. The number of nitrogens with zero attached hydrogens (tertiary/aromatic N) is 2. The van der Waals surface area contributed by atoms with Crippen molar-refractivity contribution in [2.24, 2.45) is 4.99 Å². The first kappa shape index (κ1) is 12.3. The van der Waals surface area contributed by atoms with Gasteiger partial charge in [-0.15, -0.1) is 0 Å². The summed E-state index contributed by atoms with van der Waals surface area (Å²) < 4.78 is 19.5. The number of anilines is 1. The van der Waals surface area contributed by atoms with Crippen LogP contribution in [-0.2, 0) is 15.1 Å². The second kappa shape index (κ2) is 4.76. The van der Waals surface area contributed by atoms with E-state index in [0.29, 0.717) is 32.0 Å². The van der Waals surface area contributed by atoms with Crippen LogP contribution in [0.5, 0.6) is 0 Å². The molecule has 1 saturated carbocycles. The highest BCUT2D eigenvalue weighted by atomic mass is 19.1. The molecule has 0 spiro atoms. The van der Waals surface area contributed by atoms with Crippen LogP contribution in [0.3, 0.4) is 0 Å². The Bertz CT molecular complexity index is 530. The minimum Gasteiger partial charge on any atom is -0.378 e. The summed E-state index contributed by atoms with van der Waals surface area (Å²) in [6.07, 6.45) is 3.17. The van der Waals surface area contributed by atoms with Gasteiger partial charge in [0.05, 0.1) is 24.4 Å². The van der Waals surface area contributed by atoms with Gasteiger partial charge < -0.3 is 9.64 Å². The summed E-state index contributed by atoms with van der Waals surface area (Å²) in [4.78, 5) is 16.2. The predicted octanol–water partition coefficient (Wildman–Crippen LogP) is 1.99. The molecule has 1 saturated heterocycles. The molecule has 1 aliphatic heterocycles. The largest absolute Gasteiger partial charge is 0.378 e. The molecule has 19 heavy (non-hydrogen) atoms. The van der Waals surface area contributed by atoms with Gasteiger partial charge in [-0.2, -0.15) is 4.99 Å². The van der Waals surface area contributed by atoms with E-state index in [-0.39, 0.29) is 5.82 Å². The lowest BCUT2D eigenvalue weighted by Crippen LogP contribution is -2.36. The van der Waals surface area contributed by atoms with Gasteiger partial charge in [0.25, 0.3) is 0 Å². The monoisotopic (exact) mass is 262 g/mol. The Morgan fingerprint density at radius 3 is 2.63 bits per heavy atom. The number of isocyanates is 1. The van der Waals surface area contributed by atoms with Gasteiger partial charge in [-0.25, -0.2) is 9.18 Å². The fourth-order valence-electron chi connectivity index (χ4n) is 2.53. The van der Waals surface area contributed by atoms with Crippen molar-refractivity contribution in [2.75, 3.05) is 31.2 Å². The van der Waals surface area contributed by atoms with Gasteiger partial charge in [-0.05, 0) is 30.5 Å². The van der Waals surface area contributed by atoms with Crippen LogP contribution in [0.2, 0.25) is 0 Å². The number of benzene rings is 1. The summed E-state index contributed by atoms with van der Waals surface area (Å²) in [5.74, 6) is -0.258. The number of rotatable bonds is 3. The van der Waals surface area contributed by atoms with E-state index in [4.69, 9.17) is 4.74 Å². The molecule has 0 bridgehead atoms. The van der Waals surface area contributed by atoms with E-state index in [1.54, 1.807) is 12.1 Å². The molecule has 1 aromatic carbocycles. The van der Waals surface area contributed by atoms with Gasteiger partial charge in [0, 0.05) is 13.1 Å². The van der Waals surface area contributed by atoms with Gasteiger partial charge in [0.15, 0.2) is 0 Å². The lowest BCUT2D eigenvalue weighted by molar-refractivity contribution is 0.122. The average molecular weight is 262 g/mol. The summed E-state index contributed by atoms with van der Waals surface area (Å²) in [6.45, 7) is 2.66. The van der Waals surface area contributed by atoms with Crippen LogP contribution in [0.15, 0.2) is 23.2 Å². The van der Waals surface area contributed by atoms with Crippen LogP contribution in [0, 0.1) is 5.82 Å². The summed E-state index contributed by atoms with van der Waals surface area (Å²) in [6, 6.07) is 5.14. The van der Waals surface area contributed by atoms with E-state index in [9.17, 15) is 9.18 Å². The van der Waals surface area contributed by atoms with Crippen molar-refractivity contribution in [3.8, 4) is 0 Å². The molecule has 0 radical (unpaired) electrons. The molecular formula is C14H15FN2O2. The SMILES string of the molecule is O=C=NC1(c2ccc(N3CCOCC3)c(F)c2)CC1. The molecule has 100 valence electrons. The van der Waals surface area contributed by atoms with E-state index in [1.165, 1.54) is 6.07 Å². The third-order valence-electron chi connectivity index (χ3n) is 3.82. The van der Waals surface area contributed by atoms with E-state index < -0.39 is 5.54 Å². The molecule has 0 aromatic heterocycles. The van der Waals surface area contributed by atoms with Crippen molar-refractivity contribution in [3.05, 3.63) is 29.6 Å². The summed E-state index contributed by atoms with van der Waals surface area (Å²) >= 11 is 0. The maximum absolute atomic E-state index is 14.2. The highest BCUT2D eigenvalue weighted by Gasteiger charge is 2.45. The minimum atomic E-state index is -0.508. The normalized spacial score (nSPS) is 20.8. The Morgan fingerprint density at radius 2 is 2.05 bits per heavy atom. The van der Waals surface area contributed by atoms with Crippen molar-refractivity contribution in [2.45, 2.75) is 18.4 Å². The molecule has 1 aliphatic carbocycles. The third kappa shape index (κ3) is 2.27. The van der Waals surface area contributed by atoms with Crippen molar-refractivity contribution in [1.29, 1.82) is 0 Å². The Morgan fingerprint density at radius 1 is 1.32 bits per heavy atom. The molecule has 1 heterocycles. The van der Waals surface area contributed by atoms with Crippen LogP contribution < -0.4 is 4.90 Å². The third-order valence-corrected chi connectivity index (χ3v) is 3.82. The molecular weight excluding hydrogens is 247 g/mol. The molecule has 4 nitrogen and oxygen atoms in total. The first-order chi connectivity index (χ1) is 9.25.